The molecular weight excluding hydrogens is 463 g/mol. The van der Waals surface area contributed by atoms with Crippen LogP contribution in [0.5, 0.6) is 0 Å². The van der Waals surface area contributed by atoms with Gasteiger partial charge in [-0.1, -0.05) is 29.3 Å². The van der Waals surface area contributed by atoms with Crippen molar-refractivity contribution in [2.75, 3.05) is 57.9 Å². The quantitative estimate of drug-likeness (QED) is 0.304. The number of nitrogens with one attached hydrogen (secondary N) is 1. The summed E-state index contributed by atoms with van der Waals surface area (Å²) < 4.78 is 5.36. The van der Waals surface area contributed by atoms with E-state index in [4.69, 9.17) is 16.3 Å². The van der Waals surface area contributed by atoms with E-state index in [0.717, 1.165) is 69.8 Å². The van der Waals surface area contributed by atoms with Crippen molar-refractivity contribution >= 4 is 47.2 Å². The van der Waals surface area contributed by atoms with Crippen LogP contribution in [0.2, 0.25) is 5.02 Å². The molecule has 2 aliphatic rings. The predicted molar refractivity (Wildman–Crippen MR) is 120 cm³/mol. The second-order valence-electron chi connectivity index (χ2n) is 6.37. The molecule has 0 atom stereocenters. The number of hydrogen-bond acceptors (Lipinski definition) is 3. The second-order valence-corrected chi connectivity index (χ2v) is 6.80. The molecule has 1 N–H and O–H groups in total. The van der Waals surface area contributed by atoms with E-state index in [9.17, 15) is 0 Å². The third kappa shape index (κ3) is 6.03. The lowest BCUT2D eigenvalue weighted by Crippen LogP contribution is -2.52. The Kier molecular flexibility index (Phi) is 9.01. The highest BCUT2D eigenvalue weighted by molar-refractivity contribution is 14.0. The van der Waals surface area contributed by atoms with Crippen LogP contribution < -0.4 is 10.2 Å². The number of anilines is 1. The molecule has 0 radical (unpaired) electrons. The van der Waals surface area contributed by atoms with E-state index in [-0.39, 0.29) is 24.0 Å². The maximum Gasteiger partial charge on any atom is 0.193 e. The summed E-state index contributed by atoms with van der Waals surface area (Å²) in [5.41, 5.74) is 2.68. The maximum absolute atomic E-state index is 6.11. The van der Waals surface area contributed by atoms with Crippen LogP contribution in [-0.2, 0) is 4.74 Å². The number of guanidine groups is 1. The molecule has 0 bridgehead atoms. The van der Waals surface area contributed by atoms with Crippen molar-refractivity contribution in [2.45, 2.75) is 12.8 Å². The fraction of sp³-hybridized carbons (Fsp3) is 0.526. The highest BCUT2D eigenvalue weighted by Gasteiger charge is 2.19. The van der Waals surface area contributed by atoms with E-state index >= 15 is 0 Å². The predicted octanol–water partition coefficient (Wildman–Crippen LogP) is 3.39. The molecule has 1 saturated heterocycles. The average molecular weight is 491 g/mol. The average Bonchev–Trinajstić information content (AvgIpc) is 2.66. The molecule has 0 aliphatic carbocycles. The topological polar surface area (TPSA) is 40.1 Å². The second kappa shape index (κ2) is 11.0. The Morgan fingerprint density at radius 1 is 1.27 bits per heavy atom. The van der Waals surface area contributed by atoms with Crippen LogP contribution in [0.25, 0.3) is 0 Å². The minimum Gasteiger partial charge on any atom is -0.377 e. The molecule has 1 aromatic rings. The Labute approximate surface area is 178 Å². The van der Waals surface area contributed by atoms with Gasteiger partial charge in [0.2, 0.25) is 0 Å². The monoisotopic (exact) mass is 490 g/mol. The first kappa shape index (κ1) is 21.3. The highest BCUT2D eigenvalue weighted by Crippen LogP contribution is 2.20. The van der Waals surface area contributed by atoms with Gasteiger partial charge in [-0.15, -0.1) is 24.0 Å². The minimum absolute atomic E-state index is 0. The first-order valence-electron chi connectivity index (χ1n) is 8.98. The maximum atomic E-state index is 6.11. The first-order chi connectivity index (χ1) is 12.3. The van der Waals surface area contributed by atoms with Gasteiger partial charge in [0.25, 0.3) is 0 Å². The highest BCUT2D eigenvalue weighted by atomic mass is 127. The van der Waals surface area contributed by atoms with Crippen molar-refractivity contribution in [1.82, 2.24) is 10.2 Å². The van der Waals surface area contributed by atoms with Crippen molar-refractivity contribution < 1.29 is 4.74 Å². The Hall–Kier alpha value is -0.990. The summed E-state index contributed by atoms with van der Waals surface area (Å²) in [4.78, 5) is 9.16. The molecule has 144 valence electrons. The molecule has 0 spiro atoms. The molecular formula is C19H28ClIN4O. The van der Waals surface area contributed by atoms with Gasteiger partial charge in [0, 0.05) is 50.5 Å². The van der Waals surface area contributed by atoms with Crippen LogP contribution in [0, 0.1) is 0 Å². The van der Waals surface area contributed by atoms with Crippen LogP contribution >= 0.6 is 35.6 Å². The molecule has 2 heterocycles. The van der Waals surface area contributed by atoms with Crippen molar-refractivity contribution in [3.63, 3.8) is 0 Å². The summed E-state index contributed by atoms with van der Waals surface area (Å²) in [5.74, 6) is 0.999. The summed E-state index contributed by atoms with van der Waals surface area (Å²) in [6.45, 7) is 6.41. The summed E-state index contributed by atoms with van der Waals surface area (Å²) >= 11 is 6.11. The molecule has 1 fully saturated rings. The summed E-state index contributed by atoms with van der Waals surface area (Å²) in [6.07, 6.45) is 4.32. The molecule has 0 saturated carbocycles. The summed E-state index contributed by atoms with van der Waals surface area (Å²) in [5, 5.41) is 4.30. The largest absolute Gasteiger partial charge is 0.377 e. The SMILES string of the molecule is CN=C(NCCC1=CCOCC1)N1CCN(c2cccc(Cl)c2)CC1.I. The number of benzene rings is 1. The van der Waals surface area contributed by atoms with E-state index in [1.54, 1.807) is 0 Å². The molecule has 0 amide bonds. The van der Waals surface area contributed by atoms with Crippen LogP contribution in [-0.4, -0.2) is 63.8 Å². The number of ether oxygens (including phenoxy) is 1. The molecule has 26 heavy (non-hydrogen) atoms. The lowest BCUT2D eigenvalue weighted by atomic mass is 10.1. The lowest BCUT2D eigenvalue weighted by molar-refractivity contribution is 0.153. The zero-order chi connectivity index (χ0) is 17.5. The van der Waals surface area contributed by atoms with Crippen LogP contribution in [0.15, 0.2) is 40.9 Å². The van der Waals surface area contributed by atoms with E-state index in [2.05, 4.69) is 32.3 Å². The zero-order valence-corrected chi connectivity index (χ0v) is 18.4. The number of nitrogens with zero attached hydrogens (tertiary/aromatic N) is 3. The van der Waals surface area contributed by atoms with E-state index in [1.807, 2.05) is 25.2 Å². The minimum atomic E-state index is 0. The Balaban J connectivity index is 0.00000243. The summed E-state index contributed by atoms with van der Waals surface area (Å²) in [7, 11) is 1.86. The van der Waals surface area contributed by atoms with Gasteiger partial charge < -0.3 is 19.9 Å². The number of aliphatic imine (C=N–C) groups is 1. The van der Waals surface area contributed by atoms with Crippen molar-refractivity contribution in [3.05, 3.63) is 40.9 Å². The van der Waals surface area contributed by atoms with Gasteiger partial charge in [0.1, 0.15) is 0 Å². The number of rotatable bonds is 4. The van der Waals surface area contributed by atoms with Gasteiger partial charge in [-0.3, -0.25) is 4.99 Å². The van der Waals surface area contributed by atoms with Crippen LogP contribution in [0.3, 0.4) is 0 Å². The van der Waals surface area contributed by atoms with Crippen molar-refractivity contribution in [1.29, 1.82) is 0 Å². The number of piperazine rings is 1. The zero-order valence-electron chi connectivity index (χ0n) is 15.3. The third-order valence-electron chi connectivity index (χ3n) is 4.75. The molecule has 0 aromatic heterocycles. The van der Waals surface area contributed by atoms with Crippen molar-refractivity contribution in [2.24, 2.45) is 4.99 Å². The van der Waals surface area contributed by atoms with E-state index < -0.39 is 0 Å². The van der Waals surface area contributed by atoms with Gasteiger partial charge >= 0.3 is 0 Å². The van der Waals surface area contributed by atoms with Gasteiger partial charge in [-0.2, -0.15) is 0 Å². The molecule has 1 aromatic carbocycles. The van der Waals surface area contributed by atoms with E-state index in [1.165, 1.54) is 11.3 Å². The molecule has 0 unspecified atom stereocenters. The molecule has 2 aliphatic heterocycles. The van der Waals surface area contributed by atoms with Gasteiger partial charge in [0.05, 0.1) is 13.2 Å². The van der Waals surface area contributed by atoms with Gasteiger partial charge in [0.15, 0.2) is 5.96 Å². The molecule has 7 heteroatoms. The van der Waals surface area contributed by atoms with E-state index in [0.29, 0.717) is 0 Å². The summed E-state index contributed by atoms with van der Waals surface area (Å²) in [6, 6.07) is 8.08. The van der Waals surface area contributed by atoms with Gasteiger partial charge in [-0.05, 0) is 31.0 Å². The standard InChI is InChI=1S/C19H27ClN4O.HI/c1-21-19(22-8-5-16-6-13-25-14-7-16)24-11-9-23(10-12-24)18-4-2-3-17(20)15-18;/h2-4,6,15H,5,7-14H2,1H3,(H,21,22);1H. The van der Waals surface area contributed by atoms with Crippen LogP contribution in [0.4, 0.5) is 5.69 Å². The number of halogens is 2. The first-order valence-corrected chi connectivity index (χ1v) is 9.36. The third-order valence-corrected chi connectivity index (χ3v) is 4.99. The molecule has 3 rings (SSSR count). The molecule has 5 nitrogen and oxygen atoms in total. The number of hydrogen-bond donors (Lipinski definition) is 1. The Morgan fingerprint density at radius 2 is 2.08 bits per heavy atom. The van der Waals surface area contributed by atoms with Crippen LogP contribution in [0.1, 0.15) is 12.8 Å². The Morgan fingerprint density at radius 3 is 2.73 bits per heavy atom. The normalized spacial score (nSPS) is 18.2. The van der Waals surface area contributed by atoms with Gasteiger partial charge in [-0.25, -0.2) is 0 Å². The fourth-order valence-corrected chi connectivity index (χ4v) is 3.49. The fourth-order valence-electron chi connectivity index (χ4n) is 3.31. The Bertz CT molecular complexity index is 630. The lowest BCUT2D eigenvalue weighted by Gasteiger charge is -2.37. The van der Waals surface area contributed by atoms with Crippen molar-refractivity contribution in [3.8, 4) is 0 Å². The smallest absolute Gasteiger partial charge is 0.193 e.